The van der Waals surface area contributed by atoms with Crippen molar-refractivity contribution >= 4 is 5.97 Å². The van der Waals surface area contributed by atoms with E-state index in [1.54, 1.807) is 12.1 Å². The van der Waals surface area contributed by atoms with Crippen molar-refractivity contribution in [3.05, 3.63) is 66.8 Å². The molecule has 1 radical (unpaired) electrons. The molecule has 2 rings (SSSR count). The Hall–Kier alpha value is -2.17. The summed E-state index contributed by atoms with van der Waals surface area (Å²) in [5.74, 6) is -0.539. The highest BCUT2D eigenvalue weighted by atomic mass is 17.2. The molecule has 0 heterocycles. The Balaban J connectivity index is 1.88. The predicted octanol–water partition coefficient (Wildman–Crippen LogP) is 3.64. The minimum absolute atomic E-state index is 0.275. The second kappa shape index (κ2) is 8.19. The van der Waals surface area contributed by atoms with Crippen molar-refractivity contribution in [2.75, 3.05) is 13.2 Å². The van der Waals surface area contributed by atoms with Gasteiger partial charge in [-0.15, -0.1) is 0 Å². The van der Waals surface area contributed by atoms with Gasteiger partial charge >= 0.3 is 5.97 Å². The van der Waals surface area contributed by atoms with Crippen LogP contribution < -0.4 is 0 Å². The second-order valence-corrected chi connectivity index (χ2v) is 4.24. The monoisotopic (exact) mass is 285 g/mol. The normalized spacial score (nSPS) is 10.3. The Morgan fingerprint density at radius 2 is 1.67 bits per heavy atom. The molecule has 109 valence electrons. The van der Waals surface area contributed by atoms with Crippen LogP contribution in [-0.4, -0.2) is 19.2 Å². The molecule has 0 aromatic heterocycles. The lowest BCUT2D eigenvalue weighted by Gasteiger charge is -2.05. The first-order chi connectivity index (χ1) is 10.3. The molecule has 4 heteroatoms. The van der Waals surface area contributed by atoms with Gasteiger partial charge in [-0.3, -0.25) is 4.89 Å². The molecular formula is C17H17O4. The van der Waals surface area contributed by atoms with Crippen molar-refractivity contribution in [2.45, 2.75) is 6.92 Å². The highest BCUT2D eigenvalue weighted by Gasteiger charge is 2.08. The number of ether oxygens (including phenoxy) is 1. The van der Waals surface area contributed by atoms with E-state index in [2.05, 4.69) is 9.78 Å². The van der Waals surface area contributed by atoms with Gasteiger partial charge < -0.3 is 4.74 Å². The van der Waals surface area contributed by atoms with Gasteiger partial charge in [0.2, 0.25) is 0 Å². The van der Waals surface area contributed by atoms with Crippen molar-refractivity contribution in [2.24, 2.45) is 0 Å². The molecule has 0 aliphatic heterocycles. The van der Waals surface area contributed by atoms with Gasteiger partial charge in [-0.05, 0) is 30.2 Å². The standard InChI is InChI=1S/C17H17O4/c1-2-19-12-13-20-21-17(18)16-10-8-15(9-11-16)14-6-4-3-5-7-14/h3-11,13H,2,12H2,1H3. The molecule has 0 aliphatic carbocycles. The third-order valence-electron chi connectivity index (χ3n) is 2.81. The predicted molar refractivity (Wildman–Crippen MR) is 79.2 cm³/mol. The van der Waals surface area contributed by atoms with Crippen LogP contribution in [0.3, 0.4) is 0 Å². The smallest absolute Gasteiger partial charge is 0.373 e. The maximum absolute atomic E-state index is 11.7. The van der Waals surface area contributed by atoms with Crippen molar-refractivity contribution in [1.29, 1.82) is 0 Å². The fourth-order valence-electron chi connectivity index (χ4n) is 1.75. The summed E-state index contributed by atoms with van der Waals surface area (Å²) >= 11 is 0. The molecule has 4 nitrogen and oxygen atoms in total. The summed E-state index contributed by atoms with van der Waals surface area (Å²) < 4.78 is 5.01. The number of hydrogen-bond donors (Lipinski definition) is 0. The zero-order chi connectivity index (χ0) is 14.9. The summed E-state index contributed by atoms with van der Waals surface area (Å²) in [6, 6.07) is 17.1. The highest BCUT2D eigenvalue weighted by molar-refractivity contribution is 5.89. The van der Waals surface area contributed by atoms with Crippen LogP contribution in [0.2, 0.25) is 0 Å². The van der Waals surface area contributed by atoms with Crippen LogP contribution in [0.25, 0.3) is 11.1 Å². The fraction of sp³-hybridized carbons (Fsp3) is 0.176. The summed E-state index contributed by atoms with van der Waals surface area (Å²) in [5, 5.41) is 0. The topological polar surface area (TPSA) is 44.8 Å². The molecule has 0 aliphatic rings. The first-order valence-electron chi connectivity index (χ1n) is 6.74. The molecule has 2 aromatic rings. The van der Waals surface area contributed by atoms with Gasteiger partial charge in [0.15, 0.2) is 6.61 Å². The van der Waals surface area contributed by atoms with Gasteiger partial charge in [0.1, 0.15) is 0 Å². The first-order valence-corrected chi connectivity index (χ1v) is 6.74. The van der Waals surface area contributed by atoms with Crippen molar-refractivity contribution in [3.8, 4) is 11.1 Å². The number of benzene rings is 2. The minimum Gasteiger partial charge on any atom is -0.379 e. The van der Waals surface area contributed by atoms with E-state index in [1.165, 1.54) is 6.61 Å². The van der Waals surface area contributed by atoms with Crippen LogP contribution in [0.1, 0.15) is 17.3 Å². The van der Waals surface area contributed by atoms with Crippen molar-refractivity contribution in [3.63, 3.8) is 0 Å². The Labute approximate surface area is 124 Å². The van der Waals surface area contributed by atoms with Crippen LogP contribution in [0, 0.1) is 6.61 Å². The lowest BCUT2D eigenvalue weighted by molar-refractivity contribution is -0.218. The maximum atomic E-state index is 11.7. The average Bonchev–Trinajstić information content (AvgIpc) is 2.55. The molecule has 0 N–H and O–H groups in total. The Kier molecular flexibility index (Phi) is 5.94. The molecule has 0 atom stereocenters. The van der Waals surface area contributed by atoms with Gasteiger partial charge in [-0.2, -0.15) is 4.89 Å². The van der Waals surface area contributed by atoms with Crippen LogP contribution in [0.4, 0.5) is 0 Å². The third kappa shape index (κ3) is 4.70. The zero-order valence-corrected chi connectivity index (χ0v) is 11.8. The van der Waals surface area contributed by atoms with E-state index in [0.717, 1.165) is 11.1 Å². The lowest BCUT2D eigenvalue weighted by atomic mass is 10.0. The van der Waals surface area contributed by atoms with Crippen LogP contribution in [0.15, 0.2) is 54.6 Å². The SMILES string of the molecule is CCOC[CH]OOC(=O)c1ccc(-c2ccccc2)cc1. The van der Waals surface area contributed by atoms with Gasteiger partial charge in [-0.1, -0.05) is 42.5 Å². The van der Waals surface area contributed by atoms with E-state index < -0.39 is 5.97 Å². The minimum atomic E-state index is -0.539. The molecule has 2 aromatic carbocycles. The van der Waals surface area contributed by atoms with Crippen LogP contribution in [0.5, 0.6) is 0 Å². The third-order valence-corrected chi connectivity index (χ3v) is 2.81. The summed E-state index contributed by atoms with van der Waals surface area (Å²) in [6.07, 6.45) is 0. The zero-order valence-electron chi connectivity index (χ0n) is 11.8. The van der Waals surface area contributed by atoms with E-state index in [0.29, 0.717) is 12.2 Å². The molecule has 0 unspecified atom stereocenters. The second-order valence-electron chi connectivity index (χ2n) is 4.24. The number of carbonyl (C=O) groups is 1. The Morgan fingerprint density at radius 1 is 1.00 bits per heavy atom. The Morgan fingerprint density at radius 3 is 2.33 bits per heavy atom. The van der Waals surface area contributed by atoms with E-state index in [-0.39, 0.29) is 6.61 Å². The molecule has 0 saturated heterocycles. The molecule has 0 bridgehead atoms. The van der Waals surface area contributed by atoms with Crippen LogP contribution in [-0.2, 0) is 14.5 Å². The van der Waals surface area contributed by atoms with Gasteiger partial charge in [0, 0.05) is 6.61 Å². The summed E-state index contributed by atoms with van der Waals surface area (Å²) in [4.78, 5) is 21.0. The fourth-order valence-corrected chi connectivity index (χ4v) is 1.75. The summed E-state index contributed by atoms with van der Waals surface area (Å²) in [6.45, 7) is 4.01. The number of rotatable bonds is 7. The average molecular weight is 285 g/mol. The Bertz CT molecular complexity index is 549. The van der Waals surface area contributed by atoms with Gasteiger partial charge in [-0.25, -0.2) is 4.79 Å². The molecule has 0 amide bonds. The van der Waals surface area contributed by atoms with Gasteiger partial charge in [0.25, 0.3) is 0 Å². The summed E-state index contributed by atoms with van der Waals surface area (Å²) in [7, 11) is 0. The molecule has 0 fully saturated rings. The summed E-state index contributed by atoms with van der Waals surface area (Å²) in [5.41, 5.74) is 2.56. The van der Waals surface area contributed by atoms with Crippen LogP contribution >= 0.6 is 0 Å². The van der Waals surface area contributed by atoms with Crippen molar-refractivity contribution in [1.82, 2.24) is 0 Å². The van der Waals surface area contributed by atoms with Crippen molar-refractivity contribution < 1.29 is 19.3 Å². The molecule has 0 saturated carbocycles. The number of hydrogen-bond acceptors (Lipinski definition) is 4. The first kappa shape index (κ1) is 15.2. The van der Waals surface area contributed by atoms with E-state index in [4.69, 9.17) is 4.74 Å². The molecule has 0 spiro atoms. The lowest BCUT2D eigenvalue weighted by Crippen LogP contribution is -2.07. The van der Waals surface area contributed by atoms with Gasteiger partial charge in [0.05, 0.1) is 12.2 Å². The quantitative estimate of drug-likeness (QED) is 0.442. The number of carbonyl (C=O) groups excluding carboxylic acids is 1. The highest BCUT2D eigenvalue weighted by Crippen LogP contribution is 2.19. The van der Waals surface area contributed by atoms with E-state index in [1.807, 2.05) is 49.4 Å². The molecular weight excluding hydrogens is 268 g/mol. The maximum Gasteiger partial charge on any atom is 0.373 e. The largest absolute Gasteiger partial charge is 0.379 e. The molecule has 21 heavy (non-hydrogen) atoms. The van der Waals surface area contributed by atoms with E-state index >= 15 is 0 Å². The van der Waals surface area contributed by atoms with E-state index in [9.17, 15) is 4.79 Å².